The van der Waals surface area contributed by atoms with Gasteiger partial charge >= 0.3 is 5.97 Å². The third-order valence-corrected chi connectivity index (χ3v) is 7.14. The van der Waals surface area contributed by atoms with Crippen molar-refractivity contribution in [1.29, 1.82) is 0 Å². The highest BCUT2D eigenvalue weighted by molar-refractivity contribution is 7.92. The van der Waals surface area contributed by atoms with Gasteiger partial charge in [0.05, 0.1) is 23.3 Å². The van der Waals surface area contributed by atoms with E-state index < -0.39 is 16.0 Å². The van der Waals surface area contributed by atoms with Crippen molar-refractivity contribution in [3.8, 4) is 5.75 Å². The summed E-state index contributed by atoms with van der Waals surface area (Å²) >= 11 is 0. The first-order valence-electron chi connectivity index (χ1n) is 9.63. The number of rotatable bonds is 7. The van der Waals surface area contributed by atoms with Crippen LogP contribution in [0.25, 0.3) is 0 Å². The van der Waals surface area contributed by atoms with E-state index in [9.17, 15) is 18.3 Å². The first-order chi connectivity index (χ1) is 14.2. The van der Waals surface area contributed by atoms with E-state index in [0.717, 1.165) is 30.5 Å². The lowest BCUT2D eigenvalue weighted by atomic mass is 10.1. The zero-order chi connectivity index (χ0) is 21.9. The summed E-state index contributed by atoms with van der Waals surface area (Å²) in [5.74, 6) is -0.625. The summed E-state index contributed by atoms with van der Waals surface area (Å²) in [4.78, 5) is 16.4. The molecule has 3 rings (SSSR count). The van der Waals surface area contributed by atoms with Crippen molar-refractivity contribution in [1.82, 2.24) is 9.80 Å². The third-order valence-electron chi connectivity index (χ3n) is 5.37. The number of sulfonamides is 1. The minimum absolute atomic E-state index is 0.0405. The van der Waals surface area contributed by atoms with Crippen molar-refractivity contribution in [2.75, 3.05) is 51.7 Å². The number of likely N-dealkylation sites (N-methyl/N-ethyl adjacent to an activating group) is 1. The topological polar surface area (TPSA) is 90.4 Å². The number of methoxy groups -OCH3 is 1. The van der Waals surface area contributed by atoms with Crippen LogP contribution in [0.3, 0.4) is 0 Å². The van der Waals surface area contributed by atoms with Crippen LogP contribution in [0.2, 0.25) is 0 Å². The maximum absolute atomic E-state index is 13.3. The van der Waals surface area contributed by atoms with Crippen LogP contribution in [0.1, 0.15) is 15.9 Å². The number of anilines is 1. The van der Waals surface area contributed by atoms with Gasteiger partial charge in [0.15, 0.2) is 0 Å². The fourth-order valence-electron chi connectivity index (χ4n) is 3.54. The van der Waals surface area contributed by atoms with Crippen LogP contribution in [0.15, 0.2) is 47.4 Å². The maximum atomic E-state index is 13.3. The van der Waals surface area contributed by atoms with Crippen LogP contribution in [-0.2, 0) is 16.6 Å². The van der Waals surface area contributed by atoms with E-state index in [2.05, 4.69) is 16.8 Å². The molecule has 1 aliphatic rings. The van der Waals surface area contributed by atoms with Crippen LogP contribution < -0.4 is 9.04 Å². The lowest BCUT2D eigenvalue weighted by molar-refractivity contribution is 0.0697. The number of carboxylic acid groups (broad SMARTS) is 1. The minimum Gasteiger partial charge on any atom is -0.497 e. The molecule has 0 bridgehead atoms. The number of para-hydroxylation sites is 1. The second kappa shape index (κ2) is 9.03. The number of hydrogen-bond acceptors (Lipinski definition) is 6. The van der Waals surface area contributed by atoms with Gasteiger partial charge in [-0.25, -0.2) is 13.2 Å². The van der Waals surface area contributed by atoms with E-state index in [1.54, 1.807) is 24.3 Å². The molecule has 0 atom stereocenters. The molecule has 0 radical (unpaired) electrons. The number of carboxylic acids is 1. The molecule has 0 spiro atoms. The Hall–Kier alpha value is -2.62. The summed E-state index contributed by atoms with van der Waals surface area (Å²) in [7, 11) is 1.00. The predicted octanol–water partition coefficient (Wildman–Crippen LogP) is 1.97. The molecule has 0 aromatic heterocycles. The zero-order valence-electron chi connectivity index (χ0n) is 17.4. The summed E-state index contributed by atoms with van der Waals surface area (Å²) in [6, 6.07) is 10.9. The van der Waals surface area contributed by atoms with Crippen molar-refractivity contribution < 1.29 is 23.1 Å². The highest BCUT2D eigenvalue weighted by Gasteiger charge is 2.28. The number of piperazine rings is 1. The molecule has 0 unspecified atom stereocenters. The first kappa shape index (κ1) is 22.1. The monoisotopic (exact) mass is 433 g/mol. The molecule has 2 aromatic rings. The number of hydrogen-bond donors (Lipinski definition) is 1. The molecular weight excluding hydrogens is 406 g/mol. The van der Waals surface area contributed by atoms with Gasteiger partial charge in [-0.2, -0.15) is 0 Å². The second-order valence-corrected chi connectivity index (χ2v) is 9.32. The predicted molar refractivity (Wildman–Crippen MR) is 115 cm³/mol. The summed E-state index contributed by atoms with van der Waals surface area (Å²) in [6.07, 6.45) is 0. The largest absolute Gasteiger partial charge is 0.497 e. The maximum Gasteiger partial charge on any atom is 0.337 e. The quantitative estimate of drug-likeness (QED) is 0.714. The Kier molecular flexibility index (Phi) is 6.64. The van der Waals surface area contributed by atoms with Gasteiger partial charge in [0.1, 0.15) is 5.75 Å². The van der Waals surface area contributed by atoms with E-state index in [-0.39, 0.29) is 16.1 Å². The van der Waals surface area contributed by atoms with E-state index in [1.165, 1.54) is 32.4 Å². The Balaban J connectivity index is 2.00. The molecule has 1 N–H and O–H groups in total. The second-order valence-electron chi connectivity index (χ2n) is 7.35. The Morgan fingerprint density at radius 1 is 1.10 bits per heavy atom. The first-order valence-corrected chi connectivity index (χ1v) is 11.1. The molecule has 162 valence electrons. The molecule has 1 heterocycles. The molecular formula is C21H27N3O5S. The van der Waals surface area contributed by atoms with Gasteiger partial charge in [0.25, 0.3) is 10.0 Å². The third kappa shape index (κ3) is 4.58. The van der Waals surface area contributed by atoms with Crippen LogP contribution in [-0.4, -0.2) is 76.7 Å². The van der Waals surface area contributed by atoms with Gasteiger partial charge in [-0.3, -0.25) is 9.21 Å². The van der Waals surface area contributed by atoms with Gasteiger partial charge in [-0.05, 0) is 42.9 Å². The van der Waals surface area contributed by atoms with Crippen molar-refractivity contribution in [2.45, 2.75) is 11.4 Å². The van der Waals surface area contributed by atoms with Crippen molar-refractivity contribution in [3.63, 3.8) is 0 Å². The molecule has 0 amide bonds. The van der Waals surface area contributed by atoms with Crippen LogP contribution in [0, 0.1) is 0 Å². The lowest BCUT2D eigenvalue weighted by Gasteiger charge is -2.33. The summed E-state index contributed by atoms with van der Waals surface area (Å²) < 4.78 is 32.7. The fourth-order valence-corrected chi connectivity index (χ4v) is 4.79. The lowest BCUT2D eigenvalue weighted by Crippen LogP contribution is -2.44. The number of carbonyl (C=O) groups is 1. The van der Waals surface area contributed by atoms with Gasteiger partial charge < -0.3 is 14.7 Å². The smallest absolute Gasteiger partial charge is 0.337 e. The summed E-state index contributed by atoms with van der Waals surface area (Å²) in [5.41, 5.74) is 0.819. The van der Waals surface area contributed by atoms with Crippen LogP contribution >= 0.6 is 0 Å². The summed E-state index contributed by atoms with van der Waals surface area (Å²) in [5, 5.41) is 9.73. The molecule has 9 heteroatoms. The van der Waals surface area contributed by atoms with Crippen molar-refractivity contribution in [2.24, 2.45) is 0 Å². The van der Waals surface area contributed by atoms with Gasteiger partial charge in [0.2, 0.25) is 0 Å². The van der Waals surface area contributed by atoms with E-state index in [1.807, 2.05) is 0 Å². The van der Waals surface area contributed by atoms with Gasteiger partial charge in [-0.15, -0.1) is 0 Å². The van der Waals surface area contributed by atoms with E-state index in [4.69, 9.17) is 4.74 Å². The molecule has 30 heavy (non-hydrogen) atoms. The highest BCUT2D eigenvalue weighted by atomic mass is 32.2. The Bertz CT molecular complexity index is 1000. The standard InChI is InChI=1S/C21H27N3O5S/c1-22-11-13-24(14-12-22)15-16-5-4-6-19(21(25)26)20(16)23(2)30(27,28)18-9-7-17(29-3)8-10-18/h4-10H,11-15H2,1-3H3,(H,25,26). The molecule has 1 saturated heterocycles. The summed E-state index contributed by atoms with van der Waals surface area (Å²) in [6.45, 7) is 3.97. The van der Waals surface area contributed by atoms with Crippen molar-refractivity contribution in [3.05, 3.63) is 53.6 Å². The number of benzene rings is 2. The Morgan fingerprint density at radius 2 is 1.73 bits per heavy atom. The molecule has 8 nitrogen and oxygen atoms in total. The molecule has 1 fully saturated rings. The molecule has 1 aliphatic heterocycles. The molecule has 2 aromatic carbocycles. The van der Waals surface area contributed by atoms with E-state index in [0.29, 0.717) is 17.9 Å². The Labute approximate surface area is 177 Å². The number of nitrogens with zero attached hydrogens (tertiary/aromatic N) is 3. The van der Waals surface area contributed by atoms with Crippen LogP contribution in [0.5, 0.6) is 5.75 Å². The normalized spacial score (nSPS) is 15.7. The average molecular weight is 434 g/mol. The Morgan fingerprint density at radius 3 is 2.30 bits per heavy atom. The minimum atomic E-state index is -3.96. The van der Waals surface area contributed by atoms with Gasteiger partial charge in [0, 0.05) is 39.8 Å². The zero-order valence-corrected chi connectivity index (χ0v) is 18.2. The molecule has 0 saturated carbocycles. The fraction of sp³-hybridized carbons (Fsp3) is 0.381. The van der Waals surface area contributed by atoms with Crippen LogP contribution in [0.4, 0.5) is 5.69 Å². The highest BCUT2D eigenvalue weighted by Crippen LogP contribution is 2.31. The van der Waals surface area contributed by atoms with Gasteiger partial charge in [-0.1, -0.05) is 12.1 Å². The number of aromatic carboxylic acids is 1. The van der Waals surface area contributed by atoms with Crippen molar-refractivity contribution >= 4 is 21.7 Å². The average Bonchev–Trinajstić information content (AvgIpc) is 2.74. The molecule has 0 aliphatic carbocycles. The SMILES string of the molecule is COc1ccc(S(=O)(=O)N(C)c2c(CN3CCN(C)CC3)cccc2C(=O)O)cc1. The van der Waals surface area contributed by atoms with E-state index >= 15 is 0 Å². The number of ether oxygens (including phenoxy) is 1.